The number of fused-ring (bicyclic) bond motifs is 1. The van der Waals surface area contributed by atoms with E-state index in [1.807, 2.05) is 30.3 Å². The maximum atomic E-state index is 12.2. The molecule has 0 unspecified atom stereocenters. The number of halogens is 1. The molecule has 9 heteroatoms. The lowest BCUT2D eigenvalue weighted by molar-refractivity contribution is 0.262. The Morgan fingerprint density at radius 3 is 2.67 bits per heavy atom. The lowest BCUT2D eigenvalue weighted by Gasteiger charge is -2.09. The Morgan fingerprint density at radius 2 is 1.90 bits per heavy atom. The number of carbonyl (C=O) groups is 1. The topological polar surface area (TPSA) is 84.2 Å². The largest absolute Gasteiger partial charge is 0.323 e. The summed E-state index contributed by atoms with van der Waals surface area (Å²) in [7, 11) is 0. The van der Waals surface area contributed by atoms with Gasteiger partial charge in [-0.1, -0.05) is 42.8 Å². The molecule has 2 N–H and O–H groups in total. The van der Waals surface area contributed by atoms with Crippen molar-refractivity contribution in [2.24, 2.45) is 0 Å². The number of anilines is 2. The van der Waals surface area contributed by atoms with Crippen molar-refractivity contribution in [3.63, 3.8) is 0 Å². The highest BCUT2D eigenvalue weighted by atomic mass is 35.5. The van der Waals surface area contributed by atoms with E-state index in [0.717, 1.165) is 28.5 Å². The standard InChI is InChI=1S/C21H19ClN6OS/c1-2-4-16-12-19(28-20(25-16)23-13-24-28)30-18-9-7-15(8-10-18)26-21(29)27-17-6-3-5-14(22)11-17/h3,5-13H,2,4H2,1H3,(H2,26,27,29). The molecule has 152 valence electrons. The van der Waals surface area contributed by atoms with Gasteiger partial charge in [-0.05, 0) is 55.0 Å². The first-order chi connectivity index (χ1) is 14.6. The number of amides is 2. The molecule has 0 radical (unpaired) electrons. The van der Waals surface area contributed by atoms with Crippen molar-refractivity contribution in [3.8, 4) is 0 Å². The molecule has 4 aromatic rings. The number of nitrogens with zero attached hydrogens (tertiary/aromatic N) is 4. The van der Waals surface area contributed by atoms with E-state index in [1.165, 1.54) is 6.33 Å². The van der Waals surface area contributed by atoms with E-state index in [0.29, 0.717) is 22.2 Å². The number of urea groups is 1. The Morgan fingerprint density at radius 1 is 1.10 bits per heavy atom. The van der Waals surface area contributed by atoms with Crippen molar-refractivity contribution >= 4 is 46.5 Å². The number of rotatable bonds is 6. The van der Waals surface area contributed by atoms with Crippen LogP contribution in [0.25, 0.3) is 5.78 Å². The minimum absolute atomic E-state index is 0.333. The van der Waals surface area contributed by atoms with Gasteiger partial charge >= 0.3 is 6.03 Å². The first kappa shape index (κ1) is 20.2. The van der Waals surface area contributed by atoms with Gasteiger partial charge in [-0.15, -0.1) is 0 Å². The van der Waals surface area contributed by atoms with Crippen LogP contribution in [0.2, 0.25) is 5.02 Å². The first-order valence-corrected chi connectivity index (χ1v) is 10.6. The number of carbonyl (C=O) groups excluding carboxylic acids is 1. The molecule has 2 heterocycles. The maximum absolute atomic E-state index is 12.2. The van der Waals surface area contributed by atoms with Crippen LogP contribution < -0.4 is 10.6 Å². The third-order valence-electron chi connectivity index (χ3n) is 4.20. The predicted octanol–water partition coefficient (Wildman–Crippen LogP) is 5.53. The zero-order valence-corrected chi connectivity index (χ0v) is 17.7. The third kappa shape index (κ3) is 4.90. The molecule has 0 saturated heterocycles. The molecule has 30 heavy (non-hydrogen) atoms. The van der Waals surface area contributed by atoms with Gasteiger partial charge in [0.05, 0.1) is 0 Å². The minimum atomic E-state index is -0.333. The molecule has 4 rings (SSSR count). The number of hydrogen-bond acceptors (Lipinski definition) is 5. The van der Waals surface area contributed by atoms with Crippen LogP contribution >= 0.6 is 23.4 Å². The number of aromatic nitrogens is 4. The van der Waals surface area contributed by atoms with Crippen molar-refractivity contribution < 1.29 is 4.79 Å². The highest BCUT2D eigenvalue weighted by molar-refractivity contribution is 7.99. The number of benzene rings is 2. The summed E-state index contributed by atoms with van der Waals surface area (Å²) in [5.41, 5.74) is 2.31. The van der Waals surface area contributed by atoms with E-state index >= 15 is 0 Å². The second-order valence-corrected chi connectivity index (χ2v) is 8.05. The molecule has 2 aromatic heterocycles. The van der Waals surface area contributed by atoms with E-state index in [4.69, 9.17) is 11.6 Å². The van der Waals surface area contributed by atoms with Gasteiger partial charge in [0.1, 0.15) is 11.4 Å². The summed E-state index contributed by atoms with van der Waals surface area (Å²) in [6.45, 7) is 2.12. The van der Waals surface area contributed by atoms with Gasteiger partial charge < -0.3 is 10.6 Å². The average molecular weight is 439 g/mol. The number of aryl methyl sites for hydroxylation is 1. The van der Waals surface area contributed by atoms with Crippen LogP contribution in [-0.4, -0.2) is 25.6 Å². The summed E-state index contributed by atoms with van der Waals surface area (Å²) in [6, 6.07) is 16.3. The molecule has 0 bridgehead atoms. The monoisotopic (exact) mass is 438 g/mol. The van der Waals surface area contributed by atoms with Gasteiger partial charge in [0, 0.05) is 27.0 Å². The minimum Gasteiger partial charge on any atom is -0.308 e. The van der Waals surface area contributed by atoms with E-state index in [1.54, 1.807) is 40.5 Å². The molecule has 2 amide bonds. The highest BCUT2D eigenvalue weighted by Gasteiger charge is 2.10. The van der Waals surface area contributed by atoms with Crippen LogP contribution in [-0.2, 0) is 6.42 Å². The quantitative estimate of drug-likeness (QED) is 0.387. The summed E-state index contributed by atoms with van der Waals surface area (Å²) in [5.74, 6) is 0.597. The summed E-state index contributed by atoms with van der Waals surface area (Å²) in [5, 5.41) is 11.3. The highest BCUT2D eigenvalue weighted by Crippen LogP contribution is 2.29. The molecule has 0 aliphatic heterocycles. The SMILES string of the molecule is CCCc1cc(Sc2ccc(NC(=O)Nc3cccc(Cl)c3)cc2)n2ncnc2n1. The smallest absolute Gasteiger partial charge is 0.308 e. The molecule has 0 spiro atoms. The van der Waals surface area contributed by atoms with Crippen LogP contribution in [0.3, 0.4) is 0 Å². The van der Waals surface area contributed by atoms with Crippen molar-refractivity contribution in [1.82, 2.24) is 19.6 Å². The first-order valence-electron chi connectivity index (χ1n) is 9.42. The summed E-state index contributed by atoms with van der Waals surface area (Å²) >= 11 is 7.51. The Labute approximate surface area is 182 Å². The third-order valence-corrected chi connectivity index (χ3v) is 5.44. The molecule has 2 aromatic carbocycles. The Balaban J connectivity index is 1.44. The fourth-order valence-electron chi connectivity index (χ4n) is 2.88. The predicted molar refractivity (Wildman–Crippen MR) is 119 cm³/mol. The zero-order chi connectivity index (χ0) is 20.9. The van der Waals surface area contributed by atoms with E-state index in [-0.39, 0.29) is 6.03 Å². The Hall–Kier alpha value is -3.10. The Bertz CT molecular complexity index is 1180. The summed E-state index contributed by atoms with van der Waals surface area (Å²) < 4.78 is 1.73. The van der Waals surface area contributed by atoms with Crippen LogP contribution in [0.4, 0.5) is 16.2 Å². The van der Waals surface area contributed by atoms with E-state index in [2.05, 4.69) is 32.6 Å². The number of nitrogens with one attached hydrogen (secondary N) is 2. The molecular weight excluding hydrogens is 420 g/mol. The zero-order valence-electron chi connectivity index (χ0n) is 16.2. The van der Waals surface area contributed by atoms with E-state index in [9.17, 15) is 4.79 Å². The van der Waals surface area contributed by atoms with Crippen molar-refractivity contribution in [2.45, 2.75) is 29.7 Å². The molecular formula is C21H19ClN6OS. The van der Waals surface area contributed by atoms with Gasteiger partial charge in [-0.3, -0.25) is 0 Å². The van der Waals surface area contributed by atoms with E-state index < -0.39 is 0 Å². The van der Waals surface area contributed by atoms with Crippen molar-refractivity contribution in [3.05, 3.63) is 71.6 Å². The van der Waals surface area contributed by atoms with Crippen molar-refractivity contribution in [2.75, 3.05) is 10.6 Å². The second-order valence-electron chi connectivity index (χ2n) is 6.52. The maximum Gasteiger partial charge on any atom is 0.323 e. The Kier molecular flexibility index (Phi) is 6.15. The van der Waals surface area contributed by atoms with Gasteiger partial charge in [0.15, 0.2) is 0 Å². The molecule has 7 nitrogen and oxygen atoms in total. The second kappa shape index (κ2) is 9.15. The molecule has 0 aliphatic rings. The van der Waals surface area contributed by atoms with Gasteiger partial charge in [-0.2, -0.15) is 14.6 Å². The fourth-order valence-corrected chi connectivity index (χ4v) is 3.99. The summed E-state index contributed by atoms with van der Waals surface area (Å²) in [4.78, 5) is 21.9. The lowest BCUT2D eigenvalue weighted by atomic mass is 10.2. The van der Waals surface area contributed by atoms with Crippen LogP contribution in [0.15, 0.2) is 70.8 Å². The summed E-state index contributed by atoms with van der Waals surface area (Å²) in [6.07, 6.45) is 3.41. The van der Waals surface area contributed by atoms with Gasteiger partial charge in [0.2, 0.25) is 0 Å². The van der Waals surface area contributed by atoms with Crippen molar-refractivity contribution in [1.29, 1.82) is 0 Å². The molecule has 0 saturated carbocycles. The van der Waals surface area contributed by atoms with Gasteiger partial charge in [-0.25, -0.2) is 9.78 Å². The van der Waals surface area contributed by atoms with Crippen LogP contribution in [0.5, 0.6) is 0 Å². The van der Waals surface area contributed by atoms with Crippen LogP contribution in [0, 0.1) is 0 Å². The normalized spacial score (nSPS) is 10.9. The molecule has 0 fully saturated rings. The lowest BCUT2D eigenvalue weighted by Crippen LogP contribution is -2.19. The average Bonchev–Trinajstić information content (AvgIpc) is 3.19. The molecule has 0 aliphatic carbocycles. The molecule has 0 atom stereocenters. The number of hydrogen-bond donors (Lipinski definition) is 2. The van der Waals surface area contributed by atoms with Gasteiger partial charge in [0.25, 0.3) is 5.78 Å². The van der Waals surface area contributed by atoms with Crippen LogP contribution in [0.1, 0.15) is 19.0 Å². The fraction of sp³-hybridized carbons (Fsp3) is 0.143.